The van der Waals surface area contributed by atoms with Crippen LogP contribution in [-0.2, 0) is 9.53 Å². The van der Waals surface area contributed by atoms with Gasteiger partial charge in [0, 0.05) is 32.6 Å². The van der Waals surface area contributed by atoms with Crippen molar-refractivity contribution in [3.8, 4) is 0 Å². The van der Waals surface area contributed by atoms with E-state index in [2.05, 4.69) is 17.9 Å². The van der Waals surface area contributed by atoms with E-state index < -0.39 is 17.8 Å². The molecular formula is C30H33FN4O4. The van der Waals surface area contributed by atoms with Crippen molar-refractivity contribution >= 4 is 17.5 Å². The topological polar surface area (TPSA) is 78.6 Å². The second kappa shape index (κ2) is 11.9. The molecule has 1 aromatic heterocycles. The van der Waals surface area contributed by atoms with Crippen LogP contribution in [0.5, 0.6) is 0 Å². The normalized spacial score (nSPS) is 17.8. The lowest BCUT2D eigenvalue weighted by atomic mass is 9.99. The van der Waals surface area contributed by atoms with Crippen LogP contribution in [0.15, 0.2) is 70.4 Å². The average Bonchev–Trinajstić information content (AvgIpc) is 3.63. The van der Waals surface area contributed by atoms with E-state index in [0.29, 0.717) is 31.9 Å². The van der Waals surface area contributed by atoms with Gasteiger partial charge in [-0.3, -0.25) is 14.5 Å². The van der Waals surface area contributed by atoms with Crippen LogP contribution in [-0.4, -0.2) is 78.3 Å². The third-order valence-corrected chi connectivity index (χ3v) is 7.39. The smallest absolute Gasteiger partial charge is 0.262 e. The van der Waals surface area contributed by atoms with Gasteiger partial charge in [0.1, 0.15) is 24.2 Å². The Morgan fingerprint density at radius 1 is 1.05 bits per heavy atom. The summed E-state index contributed by atoms with van der Waals surface area (Å²) in [4.78, 5) is 30.8. The number of hydrogen-bond donors (Lipinski definition) is 0. The second-order valence-corrected chi connectivity index (χ2v) is 9.98. The molecule has 2 aliphatic rings. The molecule has 1 atom stereocenters. The highest BCUT2D eigenvalue weighted by atomic mass is 19.1. The summed E-state index contributed by atoms with van der Waals surface area (Å²) in [6, 6.07) is 15.1. The Balaban J connectivity index is 1.40. The Kier molecular flexibility index (Phi) is 8.18. The van der Waals surface area contributed by atoms with Gasteiger partial charge in [-0.15, -0.1) is 0 Å². The van der Waals surface area contributed by atoms with E-state index in [4.69, 9.17) is 14.3 Å². The molecule has 8 nitrogen and oxygen atoms in total. The van der Waals surface area contributed by atoms with E-state index in [1.165, 1.54) is 33.7 Å². The van der Waals surface area contributed by atoms with E-state index in [0.717, 1.165) is 29.9 Å². The van der Waals surface area contributed by atoms with E-state index >= 15 is 0 Å². The minimum atomic E-state index is -0.615. The fourth-order valence-electron chi connectivity index (χ4n) is 4.92. The molecule has 0 N–H and O–H groups in total. The lowest BCUT2D eigenvalue weighted by Gasteiger charge is -2.31. The Morgan fingerprint density at radius 3 is 2.56 bits per heavy atom. The molecule has 2 aliphatic heterocycles. The van der Waals surface area contributed by atoms with Crippen LogP contribution >= 0.6 is 0 Å². The number of halogens is 1. The molecule has 1 saturated heterocycles. The van der Waals surface area contributed by atoms with Crippen molar-refractivity contribution in [2.24, 2.45) is 5.10 Å². The van der Waals surface area contributed by atoms with Crippen LogP contribution in [0.25, 0.3) is 0 Å². The second-order valence-electron chi connectivity index (χ2n) is 9.98. The van der Waals surface area contributed by atoms with Crippen molar-refractivity contribution in [3.63, 3.8) is 0 Å². The fourth-order valence-corrected chi connectivity index (χ4v) is 4.92. The van der Waals surface area contributed by atoms with Gasteiger partial charge in [-0.1, -0.05) is 24.3 Å². The number of carbonyl (C=O) groups excluding carboxylic acids is 2. The standard InChI is InChI=1S/C30H33FN4O4/c1-21-9-10-23(18-22(21)2)26-19-27(28-8-5-15-39-28)35(32-26)29(36)20-34(12-11-33-13-16-38-17-14-33)30(37)24-6-3-4-7-25(24)31/h3-10,15,18,27H,11-14,16-17,19-20H2,1-2H3/t27-/m0/s1. The number of ether oxygens (including phenoxy) is 1. The van der Waals surface area contributed by atoms with Gasteiger partial charge in [0.2, 0.25) is 0 Å². The predicted octanol–water partition coefficient (Wildman–Crippen LogP) is 4.19. The van der Waals surface area contributed by atoms with E-state index in [1.807, 2.05) is 25.1 Å². The molecule has 0 radical (unpaired) electrons. The van der Waals surface area contributed by atoms with Crippen LogP contribution in [0.1, 0.15) is 45.3 Å². The fraction of sp³-hybridized carbons (Fsp3) is 0.367. The molecule has 0 saturated carbocycles. The number of carbonyl (C=O) groups is 2. The Labute approximate surface area is 227 Å². The number of hydrogen-bond acceptors (Lipinski definition) is 6. The Hall–Kier alpha value is -3.82. The van der Waals surface area contributed by atoms with Crippen LogP contribution in [0.4, 0.5) is 4.39 Å². The summed E-state index contributed by atoms with van der Waals surface area (Å²) < 4.78 is 25.7. The van der Waals surface area contributed by atoms with Crippen molar-refractivity contribution in [3.05, 3.63) is 94.7 Å². The minimum absolute atomic E-state index is 0.0596. The van der Waals surface area contributed by atoms with Crippen molar-refractivity contribution in [1.82, 2.24) is 14.8 Å². The molecule has 0 spiro atoms. The van der Waals surface area contributed by atoms with Crippen molar-refractivity contribution in [1.29, 1.82) is 0 Å². The molecule has 0 aliphatic carbocycles. The summed E-state index contributed by atoms with van der Waals surface area (Å²) in [5, 5.41) is 6.14. The van der Waals surface area contributed by atoms with Crippen LogP contribution in [0.2, 0.25) is 0 Å². The first-order valence-electron chi connectivity index (χ1n) is 13.2. The van der Waals surface area contributed by atoms with Gasteiger partial charge in [0.15, 0.2) is 0 Å². The minimum Gasteiger partial charge on any atom is -0.467 e. The maximum absolute atomic E-state index is 14.6. The zero-order chi connectivity index (χ0) is 27.4. The number of rotatable bonds is 8. The summed E-state index contributed by atoms with van der Waals surface area (Å²) in [5.74, 6) is -0.883. The number of furan rings is 1. The quantitative estimate of drug-likeness (QED) is 0.435. The third kappa shape index (κ3) is 6.10. The van der Waals surface area contributed by atoms with Gasteiger partial charge in [-0.05, 0) is 60.9 Å². The highest BCUT2D eigenvalue weighted by Crippen LogP contribution is 2.33. The van der Waals surface area contributed by atoms with Gasteiger partial charge >= 0.3 is 0 Å². The van der Waals surface area contributed by atoms with Crippen LogP contribution in [0.3, 0.4) is 0 Å². The zero-order valence-electron chi connectivity index (χ0n) is 22.3. The maximum atomic E-state index is 14.6. The van der Waals surface area contributed by atoms with Crippen molar-refractivity contribution in [2.45, 2.75) is 26.3 Å². The van der Waals surface area contributed by atoms with Gasteiger partial charge in [-0.25, -0.2) is 9.40 Å². The molecule has 0 bridgehead atoms. The SMILES string of the molecule is Cc1ccc(C2=NN(C(=O)CN(CCN3CCOCC3)C(=O)c3ccccc3F)[C@H](c3ccco3)C2)cc1C. The molecule has 39 heavy (non-hydrogen) atoms. The van der Waals surface area contributed by atoms with Gasteiger partial charge in [-0.2, -0.15) is 5.10 Å². The Morgan fingerprint density at radius 2 is 1.85 bits per heavy atom. The lowest BCUT2D eigenvalue weighted by molar-refractivity contribution is -0.134. The largest absolute Gasteiger partial charge is 0.467 e. The number of amides is 2. The third-order valence-electron chi connectivity index (χ3n) is 7.39. The van der Waals surface area contributed by atoms with Crippen LogP contribution < -0.4 is 0 Å². The summed E-state index contributed by atoms with van der Waals surface area (Å²) in [7, 11) is 0. The number of aryl methyl sites for hydroxylation is 2. The van der Waals surface area contributed by atoms with Crippen molar-refractivity contribution in [2.75, 3.05) is 45.9 Å². The summed E-state index contributed by atoms with van der Waals surface area (Å²) >= 11 is 0. The summed E-state index contributed by atoms with van der Waals surface area (Å²) in [6.45, 7) is 7.40. The highest BCUT2D eigenvalue weighted by molar-refractivity contribution is 6.04. The molecule has 5 rings (SSSR count). The number of benzene rings is 2. The molecule has 3 heterocycles. The molecule has 2 amide bonds. The first-order chi connectivity index (χ1) is 18.9. The maximum Gasteiger partial charge on any atom is 0.262 e. The predicted molar refractivity (Wildman–Crippen MR) is 145 cm³/mol. The number of hydrazone groups is 1. The number of nitrogens with zero attached hydrogens (tertiary/aromatic N) is 4. The molecule has 0 unspecified atom stereocenters. The molecule has 204 valence electrons. The summed E-state index contributed by atoms with van der Waals surface area (Å²) in [5.41, 5.74) is 3.97. The summed E-state index contributed by atoms with van der Waals surface area (Å²) in [6.07, 6.45) is 2.05. The molecule has 1 fully saturated rings. The molecule has 2 aromatic carbocycles. The van der Waals surface area contributed by atoms with E-state index in [1.54, 1.807) is 18.4 Å². The first kappa shape index (κ1) is 26.8. The molecule has 9 heteroatoms. The van der Waals surface area contributed by atoms with Crippen LogP contribution in [0, 0.1) is 19.7 Å². The zero-order valence-corrected chi connectivity index (χ0v) is 22.3. The first-order valence-corrected chi connectivity index (χ1v) is 13.2. The lowest BCUT2D eigenvalue weighted by Crippen LogP contribution is -2.46. The van der Waals surface area contributed by atoms with Crippen molar-refractivity contribution < 1.29 is 23.1 Å². The van der Waals surface area contributed by atoms with Gasteiger partial charge in [0.25, 0.3) is 11.8 Å². The molecular weight excluding hydrogens is 499 g/mol. The number of morpholine rings is 1. The monoisotopic (exact) mass is 532 g/mol. The Bertz CT molecular complexity index is 1350. The van der Waals surface area contributed by atoms with E-state index in [9.17, 15) is 14.0 Å². The molecule has 3 aromatic rings. The van der Waals surface area contributed by atoms with Gasteiger partial charge < -0.3 is 14.1 Å². The van der Waals surface area contributed by atoms with Gasteiger partial charge in [0.05, 0.1) is 30.8 Å². The van der Waals surface area contributed by atoms with E-state index in [-0.39, 0.29) is 24.6 Å². The highest BCUT2D eigenvalue weighted by Gasteiger charge is 2.36. The average molecular weight is 533 g/mol.